The molecule has 1 saturated heterocycles. The van der Waals surface area contributed by atoms with Crippen LogP contribution in [0.4, 0.5) is 11.5 Å². The minimum Gasteiger partial charge on any atom is -0.381 e. The van der Waals surface area contributed by atoms with Crippen LogP contribution in [-0.4, -0.2) is 47.6 Å². The Morgan fingerprint density at radius 3 is 2.77 bits per heavy atom. The molecule has 3 heterocycles. The van der Waals surface area contributed by atoms with Crippen LogP contribution in [0.2, 0.25) is 0 Å². The van der Waals surface area contributed by atoms with Gasteiger partial charge in [0.25, 0.3) is 5.91 Å². The number of likely N-dealkylation sites (tertiary alicyclic amines) is 1. The highest BCUT2D eigenvalue weighted by Crippen LogP contribution is 2.41. The summed E-state index contributed by atoms with van der Waals surface area (Å²) >= 11 is 0. The van der Waals surface area contributed by atoms with E-state index in [0.29, 0.717) is 30.5 Å². The lowest BCUT2D eigenvalue weighted by atomic mass is 9.97. The Hall–Kier alpha value is -3.23. The van der Waals surface area contributed by atoms with Gasteiger partial charge in [0.2, 0.25) is 0 Å². The number of amides is 1. The van der Waals surface area contributed by atoms with Crippen LogP contribution < -0.4 is 10.3 Å². The summed E-state index contributed by atoms with van der Waals surface area (Å²) in [5, 5.41) is 11.4. The first-order valence-electron chi connectivity index (χ1n) is 10.5. The number of allylic oxidation sites excluding steroid dienone is 1. The first kappa shape index (κ1) is 21.0. The maximum Gasteiger partial charge on any atom is 0.276 e. The molecule has 0 radical (unpaired) electrons. The van der Waals surface area contributed by atoms with E-state index in [0.717, 1.165) is 29.9 Å². The molecule has 0 spiro atoms. The van der Waals surface area contributed by atoms with Gasteiger partial charge < -0.3 is 14.7 Å². The summed E-state index contributed by atoms with van der Waals surface area (Å²) in [7, 11) is 1.60. The zero-order valence-electron chi connectivity index (χ0n) is 18.3. The predicted molar refractivity (Wildman–Crippen MR) is 118 cm³/mol. The highest BCUT2D eigenvalue weighted by Gasteiger charge is 2.39. The average molecular weight is 425 g/mol. The van der Waals surface area contributed by atoms with Crippen molar-refractivity contribution in [2.45, 2.75) is 27.2 Å². The number of anilines is 2. The lowest BCUT2D eigenvalue weighted by Gasteiger charge is -2.22. The third-order valence-electron chi connectivity index (χ3n) is 5.78. The molecular formula is C22H28N6O3. The van der Waals surface area contributed by atoms with Crippen molar-refractivity contribution in [3.63, 3.8) is 0 Å². The highest BCUT2D eigenvalue weighted by molar-refractivity contribution is 5.92. The van der Waals surface area contributed by atoms with Crippen molar-refractivity contribution in [3.8, 4) is 0 Å². The minimum atomic E-state index is -0.0912. The van der Waals surface area contributed by atoms with Crippen LogP contribution in [0.15, 0.2) is 40.3 Å². The second-order valence-corrected chi connectivity index (χ2v) is 9.50. The summed E-state index contributed by atoms with van der Waals surface area (Å²) in [5.41, 5.74) is 3.20. The van der Waals surface area contributed by atoms with Gasteiger partial charge in [-0.15, -0.1) is 4.91 Å². The van der Waals surface area contributed by atoms with Crippen LogP contribution in [-0.2, 0) is 0 Å². The molecule has 2 atom stereocenters. The zero-order valence-corrected chi connectivity index (χ0v) is 18.3. The number of nitrogens with one attached hydrogen (secondary N) is 1. The van der Waals surface area contributed by atoms with Gasteiger partial charge in [0.05, 0.1) is 16.7 Å². The summed E-state index contributed by atoms with van der Waals surface area (Å²) in [6, 6.07) is 5.54. The molecule has 164 valence electrons. The molecule has 0 saturated carbocycles. The largest absolute Gasteiger partial charge is 0.381 e. The molecule has 2 aromatic rings. The molecule has 2 aromatic heterocycles. The molecule has 1 fully saturated rings. The van der Waals surface area contributed by atoms with Crippen molar-refractivity contribution in [2.24, 2.45) is 22.5 Å². The van der Waals surface area contributed by atoms with E-state index in [1.165, 1.54) is 11.3 Å². The topological polar surface area (TPSA) is 104 Å². The highest BCUT2D eigenvalue weighted by atomic mass is 16.5. The fourth-order valence-corrected chi connectivity index (χ4v) is 4.16. The molecule has 1 aliphatic heterocycles. The Balaban J connectivity index is 1.51. The summed E-state index contributed by atoms with van der Waals surface area (Å²) < 4.78 is 4.79. The molecule has 2 aliphatic rings. The van der Waals surface area contributed by atoms with Gasteiger partial charge in [-0.05, 0) is 41.4 Å². The van der Waals surface area contributed by atoms with E-state index in [1.54, 1.807) is 13.1 Å². The van der Waals surface area contributed by atoms with E-state index >= 15 is 0 Å². The van der Waals surface area contributed by atoms with Crippen molar-refractivity contribution in [1.82, 2.24) is 15.0 Å². The Morgan fingerprint density at radius 2 is 2.13 bits per heavy atom. The molecule has 0 aromatic carbocycles. The molecule has 2 unspecified atom stereocenters. The van der Waals surface area contributed by atoms with Crippen LogP contribution >= 0.6 is 0 Å². The third kappa shape index (κ3) is 4.45. The zero-order chi connectivity index (χ0) is 22.2. The lowest BCUT2D eigenvalue weighted by molar-refractivity contribution is 0.0774. The van der Waals surface area contributed by atoms with Crippen LogP contribution in [0.3, 0.4) is 0 Å². The maximum absolute atomic E-state index is 12.5. The Morgan fingerprint density at radius 1 is 1.32 bits per heavy atom. The van der Waals surface area contributed by atoms with Crippen molar-refractivity contribution < 1.29 is 9.32 Å². The molecular weight excluding hydrogens is 396 g/mol. The van der Waals surface area contributed by atoms with Crippen LogP contribution in [0.5, 0.6) is 0 Å². The summed E-state index contributed by atoms with van der Waals surface area (Å²) in [5.74, 6) is 1.07. The molecule has 1 aliphatic carbocycles. The second-order valence-electron chi connectivity index (χ2n) is 9.50. The van der Waals surface area contributed by atoms with E-state index in [4.69, 9.17) is 9.51 Å². The van der Waals surface area contributed by atoms with E-state index < -0.39 is 0 Å². The normalized spacial score (nSPS) is 20.4. The van der Waals surface area contributed by atoms with Gasteiger partial charge in [0.1, 0.15) is 6.26 Å². The minimum absolute atomic E-state index is 0.0871. The average Bonchev–Trinajstić information content (AvgIpc) is 3.46. The molecule has 31 heavy (non-hydrogen) atoms. The third-order valence-corrected chi connectivity index (χ3v) is 5.78. The lowest BCUT2D eigenvalue weighted by Crippen LogP contribution is -2.29. The van der Waals surface area contributed by atoms with E-state index in [1.807, 2.05) is 17.0 Å². The standard InChI is InChI=1S/C22H28N6O3/c1-22(2,3)13-23-18-6-5-17(24-20(18)27(4)26-30)14-9-15-11-28(12-16(15)10-14)21(29)19-7-8-31-25-19/h5-9,15-16,23H,10-13H2,1-4H3. The number of hydrogen-bond acceptors (Lipinski definition) is 7. The number of carbonyl (C=O) groups is 1. The monoisotopic (exact) mass is 424 g/mol. The second kappa shape index (κ2) is 8.13. The number of nitrogens with zero attached hydrogens (tertiary/aromatic N) is 5. The van der Waals surface area contributed by atoms with Gasteiger partial charge in [-0.1, -0.05) is 32.0 Å². The first-order chi connectivity index (χ1) is 14.7. The van der Waals surface area contributed by atoms with Gasteiger partial charge >= 0.3 is 0 Å². The first-order valence-corrected chi connectivity index (χ1v) is 10.5. The van der Waals surface area contributed by atoms with Crippen molar-refractivity contribution in [3.05, 3.63) is 46.8 Å². The van der Waals surface area contributed by atoms with Gasteiger partial charge in [-0.3, -0.25) is 4.79 Å². The molecule has 1 N–H and O–H groups in total. The number of nitroso groups, excluding NO2 is 1. The van der Waals surface area contributed by atoms with Crippen molar-refractivity contribution in [2.75, 3.05) is 37.0 Å². The van der Waals surface area contributed by atoms with Gasteiger partial charge in [-0.25, -0.2) is 9.99 Å². The smallest absolute Gasteiger partial charge is 0.276 e. The summed E-state index contributed by atoms with van der Waals surface area (Å²) in [6.45, 7) is 8.51. The van der Waals surface area contributed by atoms with Gasteiger partial charge in [0, 0.05) is 32.7 Å². The maximum atomic E-state index is 12.5. The summed E-state index contributed by atoms with van der Waals surface area (Å²) in [4.78, 5) is 30.3. The number of pyridine rings is 1. The Bertz CT molecular complexity index is 995. The molecule has 9 nitrogen and oxygen atoms in total. The van der Waals surface area contributed by atoms with Crippen LogP contribution in [0.25, 0.3) is 5.57 Å². The van der Waals surface area contributed by atoms with Gasteiger partial charge in [0.15, 0.2) is 11.5 Å². The quantitative estimate of drug-likeness (QED) is 0.555. The van der Waals surface area contributed by atoms with Crippen molar-refractivity contribution in [1.29, 1.82) is 0 Å². The van der Waals surface area contributed by atoms with E-state index in [-0.39, 0.29) is 17.2 Å². The molecule has 4 rings (SSSR count). The molecule has 1 amide bonds. The molecule has 0 bridgehead atoms. The number of aromatic nitrogens is 2. The van der Waals surface area contributed by atoms with Crippen molar-refractivity contribution >= 4 is 23.0 Å². The number of carbonyl (C=O) groups excluding carboxylic acids is 1. The number of rotatable bonds is 6. The fraction of sp³-hybridized carbons (Fsp3) is 0.500. The molecule has 9 heteroatoms. The number of fused-ring (bicyclic) bond motifs is 1. The van der Waals surface area contributed by atoms with Crippen LogP contribution in [0.1, 0.15) is 43.4 Å². The summed E-state index contributed by atoms with van der Waals surface area (Å²) in [6.07, 6.45) is 4.47. The SMILES string of the molecule is CN(N=O)c1nc(C2=CC3CN(C(=O)c4ccon4)CC3C2)ccc1NCC(C)(C)C. The number of hydrogen-bond donors (Lipinski definition) is 1. The van der Waals surface area contributed by atoms with Gasteiger partial charge in [-0.2, -0.15) is 0 Å². The fourth-order valence-electron chi connectivity index (χ4n) is 4.16. The van der Waals surface area contributed by atoms with E-state index in [9.17, 15) is 9.70 Å². The van der Waals surface area contributed by atoms with E-state index in [2.05, 4.69) is 42.6 Å². The Kier molecular flexibility index (Phi) is 5.51. The van der Waals surface area contributed by atoms with Crippen LogP contribution in [0, 0.1) is 22.2 Å². The predicted octanol–water partition coefficient (Wildman–Crippen LogP) is 3.82. The Labute approximate surface area is 181 Å².